The van der Waals surface area contributed by atoms with Gasteiger partial charge in [0, 0.05) is 0 Å². The van der Waals surface area contributed by atoms with E-state index in [9.17, 15) is 0 Å². The number of hydrogen-bond acceptors (Lipinski definition) is 0. The molecule has 0 aliphatic heterocycles. The maximum Gasteiger partial charge on any atom is -0.0386 e. The van der Waals surface area contributed by atoms with Crippen molar-refractivity contribution in [2.45, 2.75) is 71.6 Å². The minimum absolute atomic E-state index is 1.10. The van der Waals surface area contributed by atoms with Crippen LogP contribution in [0.1, 0.15) is 71.6 Å². The highest BCUT2D eigenvalue weighted by Gasteiger charge is 2.25. The van der Waals surface area contributed by atoms with Gasteiger partial charge in [0.15, 0.2) is 0 Å². The second-order valence-corrected chi connectivity index (χ2v) is 4.74. The van der Waals surface area contributed by atoms with Crippen LogP contribution < -0.4 is 0 Å². The Morgan fingerprint density at radius 3 is 1.69 bits per heavy atom. The third-order valence-corrected chi connectivity index (χ3v) is 3.67. The lowest BCUT2D eigenvalue weighted by molar-refractivity contribution is 0.328. The maximum atomic E-state index is 2.32. The molecule has 2 unspecified atom stereocenters. The second-order valence-electron chi connectivity index (χ2n) is 4.74. The number of rotatable bonds is 6. The van der Waals surface area contributed by atoms with Crippen molar-refractivity contribution in [3.8, 4) is 0 Å². The zero-order valence-corrected chi connectivity index (χ0v) is 9.52. The molecule has 0 nitrogen and oxygen atoms in total. The monoisotopic (exact) mass is 182 g/mol. The molecule has 78 valence electrons. The average Bonchev–Trinajstić information content (AvgIpc) is 2.59. The minimum Gasteiger partial charge on any atom is -0.0654 e. The lowest BCUT2D eigenvalue weighted by atomic mass is 9.87. The van der Waals surface area contributed by atoms with E-state index in [1.165, 1.54) is 57.8 Å². The molecule has 0 bridgehead atoms. The van der Waals surface area contributed by atoms with Crippen LogP contribution >= 0.6 is 0 Å². The van der Waals surface area contributed by atoms with Crippen molar-refractivity contribution in [2.75, 3.05) is 0 Å². The summed E-state index contributed by atoms with van der Waals surface area (Å²) >= 11 is 0. The molecule has 0 N–H and O–H groups in total. The Bertz CT molecular complexity index is 103. The molecule has 1 aliphatic rings. The summed E-state index contributed by atoms with van der Waals surface area (Å²) in [7, 11) is 0. The molecule has 2 atom stereocenters. The van der Waals surface area contributed by atoms with E-state index in [4.69, 9.17) is 0 Å². The molecule has 0 aromatic heterocycles. The van der Waals surface area contributed by atoms with E-state index >= 15 is 0 Å². The van der Waals surface area contributed by atoms with Gasteiger partial charge >= 0.3 is 0 Å². The molecule has 0 saturated heterocycles. The molecule has 1 aliphatic carbocycles. The predicted octanol–water partition coefficient (Wildman–Crippen LogP) is 4.78. The van der Waals surface area contributed by atoms with Crippen LogP contribution in [-0.4, -0.2) is 0 Å². The van der Waals surface area contributed by atoms with E-state index in [1.54, 1.807) is 0 Å². The minimum atomic E-state index is 1.10. The van der Waals surface area contributed by atoms with Gasteiger partial charge < -0.3 is 0 Å². The smallest absolute Gasteiger partial charge is 0.0386 e. The summed E-state index contributed by atoms with van der Waals surface area (Å²) in [6.45, 7) is 4.63. The Hall–Kier alpha value is 0. The molecule has 0 aromatic rings. The molecule has 0 spiro atoms. The first-order chi connectivity index (χ1) is 6.38. The van der Waals surface area contributed by atoms with Gasteiger partial charge in [0.2, 0.25) is 0 Å². The Morgan fingerprint density at radius 1 is 0.846 bits per heavy atom. The van der Waals surface area contributed by atoms with E-state index in [-0.39, 0.29) is 0 Å². The second kappa shape index (κ2) is 6.45. The van der Waals surface area contributed by atoms with Crippen LogP contribution in [0, 0.1) is 11.8 Å². The third kappa shape index (κ3) is 3.70. The van der Waals surface area contributed by atoms with Gasteiger partial charge in [-0.05, 0) is 11.8 Å². The topological polar surface area (TPSA) is 0 Å². The highest BCUT2D eigenvalue weighted by molar-refractivity contribution is 4.77. The van der Waals surface area contributed by atoms with Crippen molar-refractivity contribution in [1.29, 1.82) is 0 Å². The Morgan fingerprint density at radius 2 is 1.31 bits per heavy atom. The van der Waals surface area contributed by atoms with E-state index < -0.39 is 0 Å². The van der Waals surface area contributed by atoms with Gasteiger partial charge in [-0.3, -0.25) is 0 Å². The van der Waals surface area contributed by atoms with Gasteiger partial charge in [0.05, 0.1) is 0 Å². The first kappa shape index (κ1) is 11.1. The molecule has 1 fully saturated rings. The van der Waals surface area contributed by atoms with Crippen molar-refractivity contribution in [1.82, 2.24) is 0 Å². The Labute approximate surface area is 84.1 Å². The fourth-order valence-electron chi connectivity index (χ4n) is 2.81. The van der Waals surface area contributed by atoms with Gasteiger partial charge in [0.25, 0.3) is 0 Å². The quantitative estimate of drug-likeness (QED) is 0.554. The summed E-state index contributed by atoms with van der Waals surface area (Å²) in [5, 5.41) is 0. The van der Waals surface area contributed by atoms with Gasteiger partial charge in [0.1, 0.15) is 0 Å². The van der Waals surface area contributed by atoms with Crippen LogP contribution in [0.3, 0.4) is 0 Å². The first-order valence-corrected chi connectivity index (χ1v) is 6.38. The molecule has 1 saturated carbocycles. The summed E-state index contributed by atoms with van der Waals surface area (Å²) in [5.41, 5.74) is 0. The summed E-state index contributed by atoms with van der Waals surface area (Å²) < 4.78 is 0. The van der Waals surface area contributed by atoms with Gasteiger partial charge in [-0.15, -0.1) is 0 Å². The van der Waals surface area contributed by atoms with Crippen molar-refractivity contribution in [3.63, 3.8) is 0 Å². The SMILES string of the molecule is CCCCC1CCCC1CCCC. The highest BCUT2D eigenvalue weighted by Crippen LogP contribution is 2.38. The molecular formula is C13H26. The summed E-state index contributed by atoms with van der Waals surface area (Å²) in [5.74, 6) is 2.21. The zero-order valence-electron chi connectivity index (χ0n) is 9.52. The van der Waals surface area contributed by atoms with E-state index in [2.05, 4.69) is 13.8 Å². The first-order valence-electron chi connectivity index (χ1n) is 6.38. The Kier molecular flexibility index (Phi) is 5.50. The molecule has 0 aromatic carbocycles. The maximum absolute atomic E-state index is 2.32. The molecule has 0 radical (unpaired) electrons. The van der Waals surface area contributed by atoms with Crippen LogP contribution in [0.25, 0.3) is 0 Å². The summed E-state index contributed by atoms with van der Waals surface area (Å²) in [4.78, 5) is 0. The Balaban J connectivity index is 2.18. The average molecular weight is 182 g/mol. The van der Waals surface area contributed by atoms with E-state index in [1.807, 2.05) is 0 Å². The third-order valence-electron chi connectivity index (χ3n) is 3.67. The van der Waals surface area contributed by atoms with Crippen LogP contribution in [0.2, 0.25) is 0 Å². The van der Waals surface area contributed by atoms with Gasteiger partial charge in [-0.25, -0.2) is 0 Å². The fourth-order valence-corrected chi connectivity index (χ4v) is 2.81. The highest BCUT2D eigenvalue weighted by atomic mass is 14.3. The standard InChI is InChI=1S/C13H26/c1-3-5-8-12-10-7-11-13(12)9-6-4-2/h12-13H,3-11H2,1-2H3. The van der Waals surface area contributed by atoms with Crippen LogP contribution in [0.5, 0.6) is 0 Å². The van der Waals surface area contributed by atoms with E-state index in [0.717, 1.165) is 11.8 Å². The lowest BCUT2D eigenvalue weighted by Crippen LogP contribution is -2.07. The van der Waals surface area contributed by atoms with Gasteiger partial charge in [-0.1, -0.05) is 71.6 Å². The van der Waals surface area contributed by atoms with Crippen molar-refractivity contribution in [2.24, 2.45) is 11.8 Å². The van der Waals surface area contributed by atoms with Crippen LogP contribution in [0.4, 0.5) is 0 Å². The molecular weight excluding hydrogens is 156 g/mol. The normalized spacial score (nSPS) is 28.2. The molecule has 0 amide bonds. The number of hydrogen-bond donors (Lipinski definition) is 0. The van der Waals surface area contributed by atoms with Gasteiger partial charge in [-0.2, -0.15) is 0 Å². The number of unbranched alkanes of at least 4 members (excludes halogenated alkanes) is 2. The van der Waals surface area contributed by atoms with E-state index in [0.29, 0.717) is 0 Å². The summed E-state index contributed by atoms with van der Waals surface area (Å²) in [6, 6.07) is 0. The van der Waals surface area contributed by atoms with Crippen LogP contribution in [0.15, 0.2) is 0 Å². The molecule has 0 heterocycles. The van der Waals surface area contributed by atoms with Crippen molar-refractivity contribution in [3.05, 3.63) is 0 Å². The lowest BCUT2D eigenvalue weighted by Gasteiger charge is -2.18. The van der Waals surface area contributed by atoms with Crippen molar-refractivity contribution >= 4 is 0 Å². The zero-order chi connectivity index (χ0) is 9.52. The van der Waals surface area contributed by atoms with Crippen LogP contribution in [-0.2, 0) is 0 Å². The molecule has 13 heavy (non-hydrogen) atoms. The summed E-state index contributed by atoms with van der Waals surface area (Å²) in [6.07, 6.45) is 13.3. The predicted molar refractivity (Wildman–Crippen MR) is 59.9 cm³/mol. The molecule has 0 heteroatoms. The fraction of sp³-hybridized carbons (Fsp3) is 1.00. The molecule has 1 rings (SSSR count). The largest absolute Gasteiger partial charge is 0.0654 e. The van der Waals surface area contributed by atoms with Crippen molar-refractivity contribution < 1.29 is 0 Å².